The molecule has 0 aromatic carbocycles. The lowest BCUT2D eigenvalue weighted by Crippen LogP contribution is -2.53. The highest BCUT2D eigenvalue weighted by molar-refractivity contribution is 5.57. The number of aromatic nitrogens is 3. The number of hydrogen-bond acceptors (Lipinski definition) is 6. The zero-order valence-corrected chi connectivity index (χ0v) is 13.4. The van der Waals surface area contributed by atoms with Crippen molar-refractivity contribution < 1.29 is 5.11 Å². The molecule has 1 aliphatic rings. The van der Waals surface area contributed by atoms with E-state index in [4.69, 9.17) is 10.7 Å². The molecule has 0 amide bonds. The molecule has 0 radical (unpaired) electrons. The summed E-state index contributed by atoms with van der Waals surface area (Å²) in [6.45, 7) is 3.72. The predicted molar refractivity (Wildman–Crippen MR) is 90.1 cm³/mol. The first-order valence-corrected chi connectivity index (χ1v) is 8.06. The van der Waals surface area contributed by atoms with E-state index in [0.717, 1.165) is 55.3 Å². The van der Waals surface area contributed by atoms with Gasteiger partial charge in [-0.3, -0.25) is 4.98 Å². The second-order valence-electron chi connectivity index (χ2n) is 6.14. The van der Waals surface area contributed by atoms with Crippen LogP contribution in [0.3, 0.4) is 0 Å². The van der Waals surface area contributed by atoms with Gasteiger partial charge in [-0.05, 0) is 31.4 Å². The molecule has 0 spiro atoms. The van der Waals surface area contributed by atoms with E-state index in [1.807, 2.05) is 18.2 Å². The number of aliphatic hydroxyl groups excluding tert-OH is 1. The number of hydrogen-bond donors (Lipinski definition) is 2. The van der Waals surface area contributed by atoms with Crippen molar-refractivity contribution in [3.63, 3.8) is 0 Å². The molecule has 3 heterocycles. The Morgan fingerprint density at radius 2 is 1.91 bits per heavy atom. The van der Waals surface area contributed by atoms with Crippen molar-refractivity contribution in [1.82, 2.24) is 15.0 Å². The van der Waals surface area contributed by atoms with E-state index in [9.17, 15) is 5.11 Å². The fourth-order valence-corrected chi connectivity index (χ4v) is 2.80. The number of nitrogens with zero attached hydrogens (tertiary/aromatic N) is 4. The quantitative estimate of drug-likeness (QED) is 0.887. The first-order chi connectivity index (χ1) is 11.1. The Balaban J connectivity index is 1.88. The molecule has 1 saturated heterocycles. The van der Waals surface area contributed by atoms with Gasteiger partial charge in [0.05, 0.1) is 6.61 Å². The summed E-state index contributed by atoms with van der Waals surface area (Å²) >= 11 is 0. The third-order valence-electron chi connectivity index (χ3n) is 4.46. The highest BCUT2D eigenvalue weighted by Gasteiger charge is 2.30. The van der Waals surface area contributed by atoms with Gasteiger partial charge in [-0.25, -0.2) is 9.97 Å². The van der Waals surface area contributed by atoms with Gasteiger partial charge in [-0.2, -0.15) is 0 Å². The topological polar surface area (TPSA) is 88.2 Å². The zero-order valence-electron chi connectivity index (χ0n) is 13.4. The third-order valence-corrected chi connectivity index (χ3v) is 4.46. The second-order valence-corrected chi connectivity index (χ2v) is 6.14. The van der Waals surface area contributed by atoms with Crippen LogP contribution in [-0.2, 0) is 6.42 Å². The number of rotatable bonds is 4. The molecule has 3 rings (SSSR count). The minimum atomic E-state index is -0.453. The number of nitrogens with two attached hydrogens (primary N) is 1. The zero-order chi connectivity index (χ0) is 16.3. The van der Waals surface area contributed by atoms with Crippen molar-refractivity contribution in [2.45, 2.75) is 31.7 Å². The summed E-state index contributed by atoms with van der Waals surface area (Å²) in [6, 6.07) is 5.89. The van der Waals surface area contributed by atoms with Gasteiger partial charge in [0, 0.05) is 48.3 Å². The van der Waals surface area contributed by atoms with Crippen LogP contribution in [0.2, 0.25) is 0 Å². The van der Waals surface area contributed by atoms with E-state index in [1.54, 1.807) is 12.4 Å². The Bertz CT molecular complexity index is 653. The number of piperidine rings is 1. The average Bonchev–Trinajstić information content (AvgIpc) is 2.62. The number of aryl methyl sites for hydroxylation is 1. The normalized spacial score (nSPS) is 17.3. The summed E-state index contributed by atoms with van der Waals surface area (Å²) in [4.78, 5) is 15.6. The van der Waals surface area contributed by atoms with Crippen LogP contribution in [0.1, 0.15) is 25.5 Å². The minimum Gasteiger partial charge on any atom is -0.394 e. The van der Waals surface area contributed by atoms with Gasteiger partial charge in [0.2, 0.25) is 0 Å². The molecule has 2 aromatic heterocycles. The van der Waals surface area contributed by atoms with Crippen molar-refractivity contribution >= 4 is 5.82 Å². The van der Waals surface area contributed by atoms with Crippen molar-refractivity contribution in [2.75, 3.05) is 24.6 Å². The lowest BCUT2D eigenvalue weighted by molar-refractivity contribution is 0.170. The number of aliphatic hydroxyl groups is 1. The van der Waals surface area contributed by atoms with Crippen molar-refractivity contribution in [2.24, 2.45) is 5.73 Å². The lowest BCUT2D eigenvalue weighted by Gasteiger charge is -2.38. The van der Waals surface area contributed by atoms with Crippen molar-refractivity contribution in [3.05, 3.63) is 36.3 Å². The van der Waals surface area contributed by atoms with Crippen LogP contribution >= 0.6 is 0 Å². The summed E-state index contributed by atoms with van der Waals surface area (Å²) < 4.78 is 0. The van der Waals surface area contributed by atoms with Gasteiger partial charge in [-0.15, -0.1) is 0 Å². The van der Waals surface area contributed by atoms with Crippen molar-refractivity contribution in [1.29, 1.82) is 0 Å². The molecule has 1 fully saturated rings. The van der Waals surface area contributed by atoms with Crippen LogP contribution < -0.4 is 10.6 Å². The summed E-state index contributed by atoms with van der Waals surface area (Å²) in [7, 11) is 0. The summed E-state index contributed by atoms with van der Waals surface area (Å²) in [5.74, 6) is 1.66. The molecule has 0 saturated carbocycles. The smallest absolute Gasteiger partial charge is 0.161 e. The molecule has 0 bridgehead atoms. The molecule has 0 unspecified atom stereocenters. The molecular weight excluding hydrogens is 290 g/mol. The molecular formula is C17H23N5O. The van der Waals surface area contributed by atoms with Gasteiger partial charge >= 0.3 is 0 Å². The fourth-order valence-electron chi connectivity index (χ4n) is 2.80. The molecule has 0 atom stereocenters. The number of anilines is 1. The van der Waals surface area contributed by atoms with E-state index < -0.39 is 5.54 Å². The summed E-state index contributed by atoms with van der Waals surface area (Å²) in [5, 5.41) is 9.41. The Labute approximate surface area is 136 Å². The Kier molecular flexibility index (Phi) is 4.54. The Hall–Kier alpha value is -2.05. The van der Waals surface area contributed by atoms with Gasteiger partial charge in [-0.1, -0.05) is 6.92 Å². The summed E-state index contributed by atoms with van der Waals surface area (Å²) in [6.07, 6.45) is 5.89. The van der Waals surface area contributed by atoms with E-state index in [0.29, 0.717) is 0 Å². The molecule has 6 nitrogen and oxygen atoms in total. The van der Waals surface area contributed by atoms with Gasteiger partial charge in [0.25, 0.3) is 0 Å². The Morgan fingerprint density at radius 1 is 1.22 bits per heavy atom. The van der Waals surface area contributed by atoms with Crippen LogP contribution in [0.4, 0.5) is 5.82 Å². The SMILES string of the molecule is CCc1cc(N2CCC(N)(CO)CC2)nc(-c2ccncc2)n1. The molecule has 6 heteroatoms. The van der Waals surface area contributed by atoms with Gasteiger partial charge in [0.1, 0.15) is 5.82 Å². The fraction of sp³-hybridized carbons (Fsp3) is 0.471. The van der Waals surface area contributed by atoms with E-state index >= 15 is 0 Å². The maximum absolute atomic E-state index is 9.41. The second kappa shape index (κ2) is 6.60. The summed E-state index contributed by atoms with van der Waals surface area (Å²) in [5.41, 5.74) is 7.70. The van der Waals surface area contributed by atoms with Crippen LogP contribution in [0.25, 0.3) is 11.4 Å². The maximum atomic E-state index is 9.41. The van der Waals surface area contributed by atoms with Gasteiger partial charge < -0.3 is 15.7 Å². The lowest BCUT2D eigenvalue weighted by atomic mass is 9.89. The average molecular weight is 313 g/mol. The van der Waals surface area contributed by atoms with Crippen LogP contribution in [0, 0.1) is 0 Å². The molecule has 3 N–H and O–H groups in total. The highest BCUT2D eigenvalue weighted by Crippen LogP contribution is 2.25. The van der Waals surface area contributed by atoms with E-state index in [1.165, 1.54) is 0 Å². The van der Waals surface area contributed by atoms with Gasteiger partial charge in [0.15, 0.2) is 5.82 Å². The molecule has 122 valence electrons. The molecule has 23 heavy (non-hydrogen) atoms. The largest absolute Gasteiger partial charge is 0.394 e. The van der Waals surface area contributed by atoms with Crippen LogP contribution in [-0.4, -0.2) is 45.3 Å². The minimum absolute atomic E-state index is 0.0348. The number of pyridine rings is 1. The first kappa shape index (κ1) is 15.8. The van der Waals surface area contributed by atoms with Crippen LogP contribution in [0.15, 0.2) is 30.6 Å². The van der Waals surface area contributed by atoms with E-state index in [2.05, 4.69) is 21.8 Å². The maximum Gasteiger partial charge on any atom is 0.161 e. The third kappa shape index (κ3) is 3.48. The van der Waals surface area contributed by atoms with E-state index in [-0.39, 0.29) is 6.61 Å². The predicted octanol–water partition coefficient (Wildman–Crippen LogP) is 1.39. The van der Waals surface area contributed by atoms with Crippen molar-refractivity contribution in [3.8, 4) is 11.4 Å². The first-order valence-electron chi connectivity index (χ1n) is 8.06. The molecule has 0 aliphatic carbocycles. The standard InChI is InChI=1S/C17H23N5O/c1-2-14-11-15(22-9-5-17(18,12-23)6-10-22)21-16(20-14)13-3-7-19-8-4-13/h3-4,7-8,11,23H,2,5-6,9-10,12,18H2,1H3. The van der Waals surface area contributed by atoms with Crippen LogP contribution in [0.5, 0.6) is 0 Å². The Morgan fingerprint density at radius 3 is 2.52 bits per heavy atom. The monoisotopic (exact) mass is 313 g/mol. The highest BCUT2D eigenvalue weighted by atomic mass is 16.3. The molecule has 1 aliphatic heterocycles. The molecule has 2 aromatic rings.